The number of nitrogens with one attached hydrogen (secondary N) is 2. The number of aliphatic hydroxyl groups excluding tert-OH is 1. The van der Waals surface area contributed by atoms with Crippen molar-refractivity contribution < 1.29 is 14.3 Å². The Balaban J connectivity index is 1.76. The number of aliphatic hydroxyl groups is 1. The standard InChI is InChI=1S/C17H15FN4O2/c18-13-3-1-2-12(8-13)16(10-23)20-17(24)15-9-14(21-22-15)11-4-6-19-7-5-11/h1-9,16,23H,10H2,(H,20,24)(H,21,22)/t16-/m1/s1. The van der Waals surface area contributed by atoms with Crippen LogP contribution in [0.3, 0.4) is 0 Å². The predicted molar refractivity (Wildman–Crippen MR) is 85.5 cm³/mol. The van der Waals surface area contributed by atoms with Gasteiger partial charge in [0.2, 0.25) is 0 Å². The highest BCUT2D eigenvalue weighted by atomic mass is 19.1. The normalized spacial score (nSPS) is 11.9. The van der Waals surface area contributed by atoms with Crippen molar-refractivity contribution in [3.05, 3.63) is 71.9 Å². The summed E-state index contributed by atoms with van der Waals surface area (Å²) in [5.41, 5.74) is 2.16. The van der Waals surface area contributed by atoms with E-state index in [9.17, 15) is 14.3 Å². The van der Waals surface area contributed by atoms with E-state index < -0.39 is 17.8 Å². The molecule has 0 unspecified atom stereocenters. The van der Waals surface area contributed by atoms with Crippen molar-refractivity contribution in [1.82, 2.24) is 20.5 Å². The maximum Gasteiger partial charge on any atom is 0.269 e. The van der Waals surface area contributed by atoms with Crippen molar-refractivity contribution in [3.63, 3.8) is 0 Å². The second-order valence-electron chi connectivity index (χ2n) is 5.17. The third kappa shape index (κ3) is 3.47. The molecule has 0 spiro atoms. The predicted octanol–water partition coefficient (Wildman–Crippen LogP) is 2.07. The number of benzene rings is 1. The summed E-state index contributed by atoms with van der Waals surface area (Å²) in [6.07, 6.45) is 3.27. The van der Waals surface area contributed by atoms with Gasteiger partial charge in [-0.25, -0.2) is 4.39 Å². The smallest absolute Gasteiger partial charge is 0.269 e. The van der Waals surface area contributed by atoms with E-state index in [1.165, 1.54) is 18.2 Å². The number of aromatic amines is 1. The van der Waals surface area contributed by atoms with Crippen molar-refractivity contribution in [3.8, 4) is 11.3 Å². The summed E-state index contributed by atoms with van der Waals surface area (Å²) in [4.78, 5) is 16.2. The van der Waals surface area contributed by atoms with Crippen molar-refractivity contribution >= 4 is 5.91 Å². The highest BCUT2D eigenvalue weighted by Gasteiger charge is 2.17. The Hall–Kier alpha value is -3.06. The average Bonchev–Trinajstić information content (AvgIpc) is 3.10. The van der Waals surface area contributed by atoms with Gasteiger partial charge >= 0.3 is 0 Å². The van der Waals surface area contributed by atoms with Gasteiger partial charge in [-0.3, -0.25) is 14.9 Å². The highest BCUT2D eigenvalue weighted by molar-refractivity contribution is 5.93. The summed E-state index contributed by atoms with van der Waals surface area (Å²) in [6, 6.07) is 10.2. The average molecular weight is 326 g/mol. The van der Waals surface area contributed by atoms with Crippen LogP contribution in [0.25, 0.3) is 11.3 Å². The Bertz CT molecular complexity index is 835. The van der Waals surface area contributed by atoms with Crippen LogP contribution < -0.4 is 5.32 Å². The van der Waals surface area contributed by atoms with Crippen LogP contribution in [-0.2, 0) is 0 Å². The first-order valence-corrected chi connectivity index (χ1v) is 7.30. The van der Waals surface area contributed by atoms with E-state index in [1.54, 1.807) is 36.7 Å². The zero-order valence-corrected chi connectivity index (χ0v) is 12.6. The Morgan fingerprint density at radius 1 is 1.25 bits per heavy atom. The minimum Gasteiger partial charge on any atom is -0.394 e. The molecule has 6 nitrogen and oxygen atoms in total. The molecule has 3 aromatic rings. The molecule has 7 heteroatoms. The molecule has 1 aromatic carbocycles. The van der Waals surface area contributed by atoms with E-state index in [4.69, 9.17) is 0 Å². The third-order valence-corrected chi connectivity index (χ3v) is 3.54. The van der Waals surface area contributed by atoms with Crippen LogP contribution in [-0.4, -0.2) is 32.8 Å². The molecule has 0 aliphatic heterocycles. The third-order valence-electron chi connectivity index (χ3n) is 3.54. The summed E-state index contributed by atoms with van der Waals surface area (Å²) >= 11 is 0. The summed E-state index contributed by atoms with van der Waals surface area (Å²) in [5.74, 6) is -0.868. The Kier molecular flexibility index (Phi) is 4.62. The zero-order chi connectivity index (χ0) is 16.9. The second-order valence-corrected chi connectivity index (χ2v) is 5.17. The molecule has 2 heterocycles. The quantitative estimate of drug-likeness (QED) is 0.669. The van der Waals surface area contributed by atoms with Crippen molar-refractivity contribution in [2.75, 3.05) is 6.61 Å². The van der Waals surface area contributed by atoms with Gasteiger partial charge in [0.05, 0.1) is 18.3 Å². The number of H-pyrrole nitrogens is 1. The number of amides is 1. The van der Waals surface area contributed by atoms with Gasteiger partial charge in [-0.1, -0.05) is 12.1 Å². The van der Waals surface area contributed by atoms with Crippen LogP contribution in [0, 0.1) is 5.82 Å². The van der Waals surface area contributed by atoms with Crippen LogP contribution in [0.15, 0.2) is 54.9 Å². The van der Waals surface area contributed by atoms with Crippen LogP contribution in [0.5, 0.6) is 0 Å². The molecular formula is C17H15FN4O2. The SMILES string of the molecule is O=C(N[C@H](CO)c1cccc(F)c1)c1cc(-c2ccncc2)n[nH]1. The monoisotopic (exact) mass is 326 g/mol. The van der Waals surface area contributed by atoms with Crippen LogP contribution >= 0.6 is 0 Å². The lowest BCUT2D eigenvalue weighted by Gasteiger charge is -2.16. The van der Waals surface area contributed by atoms with Gasteiger partial charge in [0.1, 0.15) is 11.5 Å². The molecule has 3 rings (SSSR count). The minimum absolute atomic E-state index is 0.247. The first kappa shape index (κ1) is 15.8. The van der Waals surface area contributed by atoms with Gasteiger partial charge in [0, 0.05) is 18.0 Å². The molecule has 24 heavy (non-hydrogen) atoms. The number of hydrogen-bond donors (Lipinski definition) is 3. The van der Waals surface area contributed by atoms with Crippen molar-refractivity contribution in [2.24, 2.45) is 0 Å². The molecular weight excluding hydrogens is 311 g/mol. The molecule has 0 saturated heterocycles. The molecule has 0 saturated carbocycles. The molecule has 0 fully saturated rings. The van der Waals surface area contributed by atoms with Gasteiger partial charge in [-0.05, 0) is 35.9 Å². The summed E-state index contributed by atoms with van der Waals surface area (Å²) in [6.45, 7) is -0.347. The molecule has 122 valence electrons. The molecule has 0 bridgehead atoms. The lowest BCUT2D eigenvalue weighted by atomic mass is 10.1. The fourth-order valence-electron chi connectivity index (χ4n) is 2.30. The van der Waals surface area contributed by atoms with Crippen molar-refractivity contribution in [2.45, 2.75) is 6.04 Å². The first-order valence-electron chi connectivity index (χ1n) is 7.30. The maximum absolute atomic E-state index is 13.3. The summed E-state index contributed by atoms with van der Waals surface area (Å²) < 4.78 is 13.3. The Labute approximate surface area is 137 Å². The molecule has 2 aromatic heterocycles. The summed E-state index contributed by atoms with van der Waals surface area (Å²) in [5, 5.41) is 18.9. The summed E-state index contributed by atoms with van der Waals surface area (Å²) in [7, 11) is 0. The van der Waals surface area contributed by atoms with Gasteiger partial charge < -0.3 is 10.4 Å². The molecule has 0 radical (unpaired) electrons. The van der Waals surface area contributed by atoms with Gasteiger partial charge in [0.15, 0.2) is 0 Å². The second kappa shape index (κ2) is 7.01. The van der Waals surface area contributed by atoms with E-state index in [-0.39, 0.29) is 12.3 Å². The molecule has 1 amide bonds. The van der Waals surface area contributed by atoms with Gasteiger partial charge in [-0.2, -0.15) is 5.10 Å². The van der Waals surface area contributed by atoms with Crippen molar-refractivity contribution in [1.29, 1.82) is 0 Å². The number of aromatic nitrogens is 3. The number of halogens is 1. The maximum atomic E-state index is 13.3. The van der Waals surface area contributed by atoms with E-state index in [2.05, 4.69) is 20.5 Å². The zero-order valence-electron chi connectivity index (χ0n) is 12.6. The Morgan fingerprint density at radius 2 is 2.04 bits per heavy atom. The molecule has 1 atom stereocenters. The van der Waals surface area contributed by atoms with Gasteiger partial charge in [-0.15, -0.1) is 0 Å². The Morgan fingerprint density at radius 3 is 2.75 bits per heavy atom. The number of hydrogen-bond acceptors (Lipinski definition) is 4. The van der Waals surface area contributed by atoms with Crippen LogP contribution in [0.4, 0.5) is 4.39 Å². The first-order chi connectivity index (χ1) is 11.7. The molecule has 0 aliphatic rings. The number of nitrogens with zero attached hydrogens (tertiary/aromatic N) is 2. The van der Waals surface area contributed by atoms with E-state index in [0.717, 1.165) is 5.56 Å². The molecule has 0 aliphatic carbocycles. The van der Waals surface area contributed by atoms with E-state index in [0.29, 0.717) is 11.3 Å². The lowest BCUT2D eigenvalue weighted by Crippen LogP contribution is -2.31. The number of pyridine rings is 1. The lowest BCUT2D eigenvalue weighted by molar-refractivity contribution is 0.0911. The number of rotatable bonds is 5. The fraction of sp³-hybridized carbons (Fsp3) is 0.118. The number of carbonyl (C=O) groups excluding carboxylic acids is 1. The minimum atomic E-state index is -0.708. The van der Waals surface area contributed by atoms with E-state index in [1.807, 2.05) is 0 Å². The largest absolute Gasteiger partial charge is 0.394 e. The topological polar surface area (TPSA) is 90.9 Å². The van der Waals surface area contributed by atoms with Crippen LogP contribution in [0.1, 0.15) is 22.1 Å². The van der Waals surface area contributed by atoms with E-state index >= 15 is 0 Å². The highest BCUT2D eigenvalue weighted by Crippen LogP contribution is 2.18. The fourth-order valence-corrected chi connectivity index (χ4v) is 2.30. The number of carbonyl (C=O) groups is 1. The van der Waals surface area contributed by atoms with Gasteiger partial charge in [0.25, 0.3) is 5.91 Å². The van der Waals surface area contributed by atoms with Crippen LogP contribution in [0.2, 0.25) is 0 Å². The molecule has 3 N–H and O–H groups in total.